The molecule has 0 bridgehead atoms. The van der Waals surface area contributed by atoms with E-state index < -0.39 is 11.0 Å². The summed E-state index contributed by atoms with van der Waals surface area (Å²) in [5.74, 6) is 0.415. The first-order chi connectivity index (χ1) is 9.43. The maximum atomic E-state index is 12.4. The molecule has 1 aliphatic heterocycles. The van der Waals surface area contributed by atoms with E-state index in [0.717, 1.165) is 0 Å². The van der Waals surface area contributed by atoms with Gasteiger partial charge in [0.15, 0.2) is 5.78 Å². The maximum Gasteiger partial charge on any atom is 0.165 e. The molecule has 2 atom stereocenters. The van der Waals surface area contributed by atoms with Gasteiger partial charge in [-0.3, -0.25) is 9.59 Å². The molecule has 0 N–H and O–H groups in total. The second kappa shape index (κ2) is 4.52. The van der Waals surface area contributed by atoms with Crippen molar-refractivity contribution in [1.29, 1.82) is 0 Å². The van der Waals surface area contributed by atoms with Gasteiger partial charge in [-0.25, -0.2) is 0 Å². The van der Waals surface area contributed by atoms with E-state index in [2.05, 4.69) is 0 Å². The lowest BCUT2D eigenvalue weighted by atomic mass is 9.77. The van der Waals surface area contributed by atoms with Crippen LogP contribution < -0.4 is 0 Å². The normalized spacial score (nSPS) is 32.8. The number of carbonyl (C=O) groups excluding carboxylic acids is 2. The predicted octanol–water partition coefficient (Wildman–Crippen LogP) is 2.89. The number of carbonyl (C=O) groups is 2. The van der Waals surface area contributed by atoms with Crippen LogP contribution in [0.2, 0.25) is 0 Å². The molecular formula is C17H20O3. The van der Waals surface area contributed by atoms with E-state index in [0.29, 0.717) is 19.4 Å². The first kappa shape index (κ1) is 13.5. The molecule has 3 nitrogen and oxygen atoms in total. The fourth-order valence-electron chi connectivity index (χ4n) is 3.21. The van der Waals surface area contributed by atoms with Crippen LogP contribution in [-0.4, -0.2) is 23.8 Å². The smallest absolute Gasteiger partial charge is 0.165 e. The third kappa shape index (κ3) is 2.10. The average molecular weight is 272 g/mol. The van der Waals surface area contributed by atoms with E-state index in [1.54, 1.807) is 0 Å². The van der Waals surface area contributed by atoms with Gasteiger partial charge >= 0.3 is 0 Å². The summed E-state index contributed by atoms with van der Waals surface area (Å²) in [5, 5.41) is 0. The van der Waals surface area contributed by atoms with E-state index in [9.17, 15) is 9.59 Å². The third-order valence-corrected chi connectivity index (χ3v) is 4.70. The molecule has 1 saturated carbocycles. The molecule has 1 aliphatic carbocycles. The summed E-state index contributed by atoms with van der Waals surface area (Å²) in [6.45, 7) is 4.12. The van der Waals surface area contributed by atoms with Crippen molar-refractivity contribution in [1.82, 2.24) is 0 Å². The van der Waals surface area contributed by atoms with Crippen LogP contribution in [0.25, 0.3) is 0 Å². The summed E-state index contributed by atoms with van der Waals surface area (Å²) in [6, 6.07) is 10.0. The number of hydrogen-bond acceptors (Lipinski definition) is 3. The Balaban J connectivity index is 1.83. The molecule has 1 aromatic rings. The van der Waals surface area contributed by atoms with Crippen LogP contribution in [0.3, 0.4) is 0 Å². The van der Waals surface area contributed by atoms with Crippen LogP contribution in [0.5, 0.6) is 0 Å². The fraction of sp³-hybridized carbons (Fsp3) is 0.529. The topological polar surface area (TPSA) is 43.4 Å². The fourth-order valence-corrected chi connectivity index (χ4v) is 3.21. The van der Waals surface area contributed by atoms with Gasteiger partial charge < -0.3 is 4.74 Å². The van der Waals surface area contributed by atoms with E-state index in [1.807, 2.05) is 44.2 Å². The third-order valence-electron chi connectivity index (χ3n) is 4.70. The van der Waals surface area contributed by atoms with Crippen molar-refractivity contribution in [3.8, 4) is 0 Å². The molecule has 2 aliphatic rings. The molecule has 1 aromatic carbocycles. The minimum Gasteiger partial charge on any atom is -0.366 e. The number of ether oxygens (including phenoxy) is 1. The number of ketones is 2. The second-order valence-electron chi connectivity index (χ2n) is 6.71. The van der Waals surface area contributed by atoms with Crippen molar-refractivity contribution >= 4 is 11.6 Å². The van der Waals surface area contributed by atoms with Crippen molar-refractivity contribution in [3.05, 3.63) is 35.9 Å². The van der Waals surface area contributed by atoms with Gasteiger partial charge in [0.2, 0.25) is 0 Å². The van der Waals surface area contributed by atoms with E-state index >= 15 is 0 Å². The lowest BCUT2D eigenvalue weighted by Gasteiger charge is -2.39. The van der Waals surface area contributed by atoms with Gasteiger partial charge in [0, 0.05) is 18.3 Å². The monoisotopic (exact) mass is 272 g/mol. The Kier molecular flexibility index (Phi) is 3.05. The Morgan fingerprint density at radius 2 is 1.80 bits per heavy atom. The Morgan fingerprint density at radius 3 is 2.45 bits per heavy atom. The highest BCUT2D eigenvalue weighted by Gasteiger charge is 2.54. The van der Waals surface area contributed by atoms with E-state index in [-0.39, 0.29) is 23.9 Å². The number of Topliss-reactive ketones (excluding diaryl/α,β-unsaturated/α-hetero) is 2. The number of hydrogen-bond donors (Lipinski definition) is 0. The van der Waals surface area contributed by atoms with Gasteiger partial charge in [-0.2, -0.15) is 0 Å². The van der Waals surface area contributed by atoms with Crippen LogP contribution in [0.15, 0.2) is 30.3 Å². The van der Waals surface area contributed by atoms with Crippen molar-refractivity contribution in [2.45, 2.75) is 44.6 Å². The van der Waals surface area contributed by atoms with Gasteiger partial charge in [0.05, 0.1) is 6.61 Å². The molecule has 1 spiro atoms. The molecule has 0 radical (unpaired) electrons. The SMILES string of the molecule is CC1(C)COC2(CC1=O)C[C@H](c1ccccc1)CC2=O. The van der Waals surface area contributed by atoms with Crippen LogP contribution in [-0.2, 0) is 14.3 Å². The lowest BCUT2D eigenvalue weighted by molar-refractivity contribution is -0.168. The predicted molar refractivity (Wildman–Crippen MR) is 75.5 cm³/mol. The molecule has 2 fully saturated rings. The largest absolute Gasteiger partial charge is 0.366 e. The van der Waals surface area contributed by atoms with Crippen molar-refractivity contribution in [2.75, 3.05) is 6.61 Å². The number of rotatable bonds is 1. The molecular weight excluding hydrogens is 252 g/mol. The van der Waals surface area contributed by atoms with Crippen molar-refractivity contribution < 1.29 is 14.3 Å². The average Bonchev–Trinajstić information content (AvgIpc) is 2.74. The van der Waals surface area contributed by atoms with Gasteiger partial charge in [-0.05, 0) is 17.9 Å². The maximum absolute atomic E-state index is 12.4. The van der Waals surface area contributed by atoms with Crippen LogP contribution in [0.1, 0.15) is 44.6 Å². The van der Waals surface area contributed by atoms with Gasteiger partial charge in [-0.15, -0.1) is 0 Å². The molecule has 0 amide bonds. The minimum absolute atomic E-state index is 0.0928. The molecule has 1 unspecified atom stereocenters. The van der Waals surface area contributed by atoms with Gasteiger partial charge in [-0.1, -0.05) is 44.2 Å². The van der Waals surface area contributed by atoms with Crippen LogP contribution >= 0.6 is 0 Å². The highest BCUT2D eigenvalue weighted by Crippen LogP contribution is 2.46. The molecule has 106 valence electrons. The number of benzene rings is 1. The second-order valence-corrected chi connectivity index (χ2v) is 6.71. The lowest BCUT2D eigenvalue weighted by Crippen LogP contribution is -2.50. The van der Waals surface area contributed by atoms with Crippen molar-refractivity contribution in [2.24, 2.45) is 5.41 Å². The minimum atomic E-state index is -0.854. The zero-order valence-corrected chi connectivity index (χ0v) is 12.0. The van der Waals surface area contributed by atoms with Gasteiger partial charge in [0.1, 0.15) is 11.4 Å². The summed E-state index contributed by atoms with van der Waals surface area (Å²) in [6.07, 6.45) is 1.36. The van der Waals surface area contributed by atoms with Crippen molar-refractivity contribution in [3.63, 3.8) is 0 Å². The molecule has 20 heavy (non-hydrogen) atoms. The summed E-state index contributed by atoms with van der Waals surface area (Å²) in [4.78, 5) is 24.6. The Hall–Kier alpha value is -1.48. The standard InChI is InChI=1S/C17H20O3/c1-16(2)11-20-17(10-15(16)19)9-13(8-14(17)18)12-6-4-3-5-7-12/h3-7,13H,8-11H2,1-2H3/t13-,17?/m1/s1. The summed E-state index contributed by atoms with van der Waals surface area (Å²) in [7, 11) is 0. The molecule has 3 rings (SSSR count). The molecule has 0 aromatic heterocycles. The van der Waals surface area contributed by atoms with Crippen LogP contribution in [0, 0.1) is 5.41 Å². The molecule has 1 heterocycles. The quantitative estimate of drug-likeness (QED) is 0.789. The summed E-state index contributed by atoms with van der Waals surface area (Å²) >= 11 is 0. The Morgan fingerprint density at radius 1 is 1.10 bits per heavy atom. The Labute approximate surface area is 119 Å². The molecule has 3 heteroatoms. The molecule has 1 saturated heterocycles. The summed E-state index contributed by atoms with van der Waals surface area (Å²) in [5.41, 5.74) is -0.151. The van der Waals surface area contributed by atoms with E-state index in [4.69, 9.17) is 4.74 Å². The first-order valence-electron chi connectivity index (χ1n) is 7.18. The highest BCUT2D eigenvalue weighted by molar-refractivity contribution is 5.98. The van der Waals surface area contributed by atoms with Gasteiger partial charge in [0.25, 0.3) is 0 Å². The Bertz CT molecular complexity index is 547. The zero-order chi connectivity index (χ0) is 14.4. The van der Waals surface area contributed by atoms with E-state index in [1.165, 1.54) is 5.56 Å². The summed E-state index contributed by atoms with van der Waals surface area (Å²) < 4.78 is 5.91. The zero-order valence-electron chi connectivity index (χ0n) is 12.0. The first-order valence-corrected chi connectivity index (χ1v) is 7.18. The van der Waals surface area contributed by atoms with Crippen LogP contribution in [0.4, 0.5) is 0 Å². The highest BCUT2D eigenvalue weighted by atomic mass is 16.5.